The van der Waals surface area contributed by atoms with Crippen LogP contribution < -0.4 is 10.2 Å². The number of nitrogens with one attached hydrogen (secondary N) is 1. The first-order chi connectivity index (χ1) is 8.97. The third kappa shape index (κ3) is 1.78. The van der Waals surface area contributed by atoms with Crippen LogP contribution in [-0.2, 0) is 9.59 Å². The van der Waals surface area contributed by atoms with Gasteiger partial charge < -0.3 is 4.90 Å². The average molecular weight is 260 g/mol. The number of nitrogens with zero attached hydrogens (tertiary/aromatic N) is 3. The largest absolute Gasteiger partial charge is 0.339 e. The Morgan fingerprint density at radius 1 is 1.00 bits per heavy atom. The van der Waals surface area contributed by atoms with Crippen LogP contribution >= 0.6 is 0 Å². The van der Waals surface area contributed by atoms with Crippen molar-refractivity contribution in [1.82, 2.24) is 15.3 Å². The summed E-state index contributed by atoms with van der Waals surface area (Å²) in [5.74, 6) is -0.220. The number of carbonyl (C=O) groups excluding carboxylic acids is 2. The van der Waals surface area contributed by atoms with Gasteiger partial charge >= 0.3 is 0 Å². The van der Waals surface area contributed by atoms with Crippen LogP contribution in [0.3, 0.4) is 0 Å². The summed E-state index contributed by atoms with van der Waals surface area (Å²) in [6, 6.07) is 0. The average Bonchev–Trinajstić information content (AvgIpc) is 2.89. The normalized spacial score (nSPS) is 25.7. The summed E-state index contributed by atoms with van der Waals surface area (Å²) < 4.78 is 0. The number of hydrogen-bond acceptors (Lipinski definition) is 5. The molecule has 1 aromatic rings. The van der Waals surface area contributed by atoms with E-state index in [1.807, 2.05) is 25.7 Å². The van der Waals surface area contributed by atoms with Crippen molar-refractivity contribution in [2.75, 3.05) is 18.0 Å². The number of anilines is 1. The summed E-state index contributed by atoms with van der Waals surface area (Å²) in [5, 5.41) is 2.38. The Bertz CT molecular complexity index is 539. The first kappa shape index (κ1) is 12.1. The van der Waals surface area contributed by atoms with Crippen LogP contribution in [0.1, 0.15) is 17.0 Å². The third-order valence-electron chi connectivity index (χ3n) is 4.14. The van der Waals surface area contributed by atoms with Crippen LogP contribution in [0.25, 0.3) is 0 Å². The molecule has 0 unspecified atom stereocenters. The molecule has 2 atom stereocenters. The molecule has 100 valence electrons. The molecular formula is C13H16N4O2. The highest BCUT2D eigenvalue weighted by Crippen LogP contribution is 2.30. The van der Waals surface area contributed by atoms with Gasteiger partial charge in [-0.1, -0.05) is 0 Å². The first-order valence-electron chi connectivity index (χ1n) is 6.39. The predicted molar refractivity (Wildman–Crippen MR) is 68.6 cm³/mol. The van der Waals surface area contributed by atoms with Crippen molar-refractivity contribution in [3.05, 3.63) is 17.0 Å². The van der Waals surface area contributed by atoms with E-state index >= 15 is 0 Å². The highest BCUT2D eigenvalue weighted by Gasteiger charge is 2.48. The monoisotopic (exact) mass is 260 g/mol. The molecule has 0 bridgehead atoms. The van der Waals surface area contributed by atoms with E-state index in [-0.39, 0.29) is 23.7 Å². The molecule has 0 radical (unpaired) electrons. The molecule has 1 N–H and O–H groups in total. The van der Waals surface area contributed by atoms with E-state index in [0.29, 0.717) is 19.0 Å². The second-order valence-corrected chi connectivity index (χ2v) is 5.29. The van der Waals surface area contributed by atoms with Gasteiger partial charge in [0.1, 0.15) is 0 Å². The van der Waals surface area contributed by atoms with Crippen LogP contribution in [-0.4, -0.2) is 34.9 Å². The van der Waals surface area contributed by atoms with Crippen LogP contribution in [0.2, 0.25) is 0 Å². The number of aromatic nitrogens is 2. The van der Waals surface area contributed by atoms with Crippen molar-refractivity contribution >= 4 is 17.8 Å². The molecule has 2 fully saturated rings. The molecule has 2 aliphatic heterocycles. The lowest BCUT2D eigenvalue weighted by molar-refractivity contribution is -0.126. The topological polar surface area (TPSA) is 75.2 Å². The number of amides is 2. The van der Waals surface area contributed by atoms with Crippen molar-refractivity contribution in [2.24, 2.45) is 11.8 Å². The molecule has 3 heterocycles. The second-order valence-electron chi connectivity index (χ2n) is 5.29. The molecule has 6 heteroatoms. The van der Waals surface area contributed by atoms with Gasteiger partial charge in [0.05, 0.1) is 11.8 Å². The molecule has 2 amide bonds. The Labute approximate surface area is 111 Å². The lowest BCUT2D eigenvalue weighted by Crippen LogP contribution is -2.32. The molecule has 0 aromatic carbocycles. The summed E-state index contributed by atoms with van der Waals surface area (Å²) in [6.45, 7) is 6.92. The predicted octanol–water partition coefficient (Wildman–Crippen LogP) is 0.111. The van der Waals surface area contributed by atoms with Crippen molar-refractivity contribution in [1.29, 1.82) is 0 Å². The fourth-order valence-corrected chi connectivity index (χ4v) is 2.70. The Balaban J connectivity index is 1.90. The standard InChI is InChI=1S/C13H16N4O2/c1-6-7(2)14-13(15-8(6)3)17-4-9-10(5-17)12(19)16-11(9)18/h9-10H,4-5H2,1-3H3,(H,16,18,19)/t9-,10+. The number of fused-ring (bicyclic) bond motifs is 1. The number of aryl methyl sites for hydroxylation is 2. The van der Waals surface area contributed by atoms with E-state index in [0.717, 1.165) is 17.0 Å². The van der Waals surface area contributed by atoms with Gasteiger partial charge in [-0.25, -0.2) is 9.97 Å². The Morgan fingerprint density at radius 3 is 1.95 bits per heavy atom. The lowest BCUT2D eigenvalue weighted by Gasteiger charge is -2.18. The third-order valence-corrected chi connectivity index (χ3v) is 4.14. The van der Waals surface area contributed by atoms with Gasteiger partial charge in [-0.3, -0.25) is 14.9 Å². The zero-order valence-electron chi connectivity index (χ0n) is 11.2. The van der Waals surface area contributed by atoms with Crippen LogP contribution in [0.5, 0.6) is 0 Å². The summed E-state index contributed by atoms with van der Waals surface area (Å²) in [5.41, 5.74) is 2.96. The molecule has 3 rings (SSSR count). The first-order valence-corrected chi connectivity index (χ1v) is 6.39. The Kier molecular flexibility index (Phi) is 2.55. The Hall–Kier alpha value is -1.98. The number of rotatable bonds is 1. The van der Waals surface area contributed by atoms with E-state index < -0.39 is 0 Å². The zero-order chi connectivity index (χ0) is 13.7. The smallest absolute Gasteiger partial charge is 0.232 e. The van der Waals surface area contributed by atoms with E-state index in [9.17, 15) is 9.59 Å². The second kappa shape index (κ2) is 4.01. The number of hydrogen-bond donors (Lipinski definition) is 1. The van der Waals surface area contributed by atoms with Gasteiger partial charge in [0.15, 0.2) is 0 Å². The zero-order valence-corrected chi connectivity index (χ0v) is 11.2. The summed E-state index contributed by atoms with van der Waals surface area (Å²) in [7, 11) is 0. The number of carbonyl (C=O) groups is 2. The minimum Gasteiger partial charge on any atom is -0.339 e. The van der Waals surface area contributed by atoms with Crippen molar-refractivity contribution < 1.29 is 9.59 Å². The van der Waals surface area contributed by atoms with Gasteiger partial charge in [-0.05, 0) is 26.3 Å². The molecule has 0 aliphatic carbocycles. The lowest BCUT2D eigenvalue weighted by atomic mass is 10.00. The quantitative estimate of drug-likeness (QED) is 0.725. The minimum atomic E-state index is -0.252. The maximum atomic E-state index is 11.6. The summed E-state index contributed by atoms with van der Waals surface area (Å²) in [4.78, 5) is 34.1. The molecule has 0 saturated carbocycles. The Morgan fingerprint density at radius 2 is 1.47 bits per heavy atom. The maximum Gasteiger partial charge on any atom is 0.232 e. The van der Waals surface area contributed by atoms with Gasteiger partial charge in [0, 0.05) is 24.5 Å². The van der Waals surface area contributed by atoms with E-state index in [4.69, 9.17) is 0 Å². The molecule has 6 nitrogen and oxygen atoms in total. The SMILES string of the molecule is Cc1nc(N2C[C@@H]3C(=O)NC(=O)[C@@H]3C2)nc(C)c1C. The van der Waals surface area contributed by atoms with E-state index in [2.05, 4.69) is 15.3 Å². The van der Waals surface area contributed by atoms with Gasteiger partial charge in [0.2, 0.25) is 17.8 Å². The van der Waals surface area contributed by atoms with E-state index in [1.54, 1.807) is 0 Å². The van der Waals surface area contributed by atoms with Gasteiger partial charge in [-0.15, -0.1) is 0 Å². The van der Waals surface area contributed by atoms with E-state index in [1.165, 1.54) is 0 Å². The number of imide groups is 1. The van der Waals surface area contributed by atoms with Crippen molar-refractivity contribution in [3.8, 4) is 0 Å². The van der Waals surface area contributed by atoms with Crippen molar-refractivity contribution in [2.45, 2.75) is 20.8 Å². The minimum absolute atomic E-state index is 0.168. The molecule has 2 saturated heterocycles. The van der Waals surface area contributed by atoms with Crippen LogP contribution in [0.4, 0.5) is 5.95 Å². The summed E-state index contributed by atoms with van der Waals surface area (Å²) >= 11 is 0. The highest BCUT2D eigenvalue weighted by molar-refractivity contribution is 6.06. The molecular weight excluding hydrogens is 244 g/mol. The molecule has 2 aliphatic rings. The molecule has 1 aromatic heterocycles. The fraction of sp³-hybridized carbons (Fsp3) is 0.538. The van der Waals surface area contributed by atoms with Gasteiger partial charge in [0.25, 0.3) is 0 Å². The van der Waals surface area contributed by atoms with Crippen LogP contribution in [0, 0.1) is 32.6 Å². The summed E-state index contributed by atoms with van der Waals surface area (Å²) in [6.07, 6.45) is 0. The van der Waals surface area contributed by atoms with Gasteiger partial charge in [-0.2, -0.15) is 0 Å². The van der Waals surface area contributed by atoms with Crippen molar-refractivity contribution in [3.63, 3.8) is 0 Å². The highest BCUT2D eigenvalue weighted by atomic mass is 16.2. The fourth-order valence-electron chi connectivity index (χ4n) is 2.70. The molecule has 19 heavy (non-hydrogen) atoms. The molecule has 0 spiro atoms. The maximum absolute atomic E-state index is 11.6. The van der Waals surface area contributed by atoms with Crippen LogP contribution in [0.15, 0.2) is 0 Å².